The van der Waals surface area contributed by atoms with Crippen molar-refractivity contribution in [1.82, 2.24) is 4.90 Å². The molecule has 1 fully saturated rings. The quantitative estimate of drug-likeness (QED) is 0.472. The Bertz CT molecular complexity index is 623. The molecule has 1 aromatic carbocycles. The number of carbonyl (C=O) groups excluding carboxylic acids is 2. The number of aliphatic hydroxyl groups excluding tert-OH is 1. The van der Waals surface area contributed by atoms with Crippen molar-refractivity contribution in [1.29, 1.82) is 0 Å². The number of aromatic hydroxyl groups is 1. The fraction of sp³-hybridized carbons (Fsp3) is 0.294. The van der Waals surface area contributed by atoms with E-state index in [1.54, 1.807) is 30.4 Å². The summed E-state index contributed by atoms with van der Waals surface area (Å²) >= 11 is 0. The van der Waals surface area contributed by atoms with E-state index in [4.69, 9.17) is 9.84 Å². The van der Waals surface area contributed by atoms with Crippen LogP contribution in [0.15, 0.2) is 36.4 Å². The van der Waals surface area contributed by atoms with Gasteiger partial charge in [0.2, 0.25) is 5.91 Å². The highest BCUT2D eigenvalue weighted by Gasteiger charge is 2.28. The number of ether oxygens (including phenoxy) is 1. The molecular weight excluding hydrogens is 298 g/mol. The first-order valence-corrected chi connectivity index (χ1v) is 7.33. The number of benzene rings is 1. The second kappa shape index (κ2) is 8.14. The Morgan fingerprint density at radius 2 is 2.22 bits per heavy atom. The van der Waals surface area contributed by atoms with E-state index >= 15 is 0 Å². The molecule has 122 valence electrons. The summed E-state index contributed by atoms with van der Waals surface area (Å²) in [6, 6.07) is 4.87. The minimum absolute atomic E-state index is 0.0469. The summed E-state index contributed by atoms with van der Waals surface area (Å²) in [5.74, 6) is -0.161. The number of nitrogens with zero attached hydrogens (tertiary/aromatic N) is 1. The van der Waals surface area contributed by atoms with Crippen molar-refractivity contribution >= 4 is 18.5 Å². The smallest absolute Gasteiger partial charge is 0.295 e. The average molecular weight is 317 g/mol. The number of allylic oxidation sites excluding steroid dienone is 2. The molecule has 0 bridgehead atoms. The summed E-state index contributed by atoms with van der Waals surface area (Å²) in [7, 11) is 0. The zero-order valence-electron chi connectivity index (χ0n) is 12.6. The fourth-order valence-corrected chi connectivity index (χ4v) is 2.43. The predicted octanol–water partition coefficient (Wildman–Crippen LogP) is 1.58. The Morgan fingerprint density at radius 1 is 1.39 bits per heavy atom. The van der Waals surface area contributed by atoms with Gasteiger partial charge in [-0.3, -0.25) is 9.59 Å². The molecule has 2 rings (SSSR count). The van der Waals surface area contributed by atoms with Gasteiger partial charge in [0.25, 0.3) is 6.47 Å². The van der Waals surface area contributed by atoms with E-state index in [0.29, 0.717) is 25.0 Å². The van der Waals surface area contributed by atoms with E-state index in [-0.39, 0.29) is 18.3 Å². The number of carbonyl (C=O) groups is 2. The van der Waals surface area contributed by atoms with E-state index in [2.05, 4.69) is 0 Å². The van der Waals surface area contributed by atoms with Gasteiger partial charge in [-0.05, 0) is 24.1 Å². The summed E-state index contributed by atoms with van der Waals surface area (Å²) in [6.45, 7) is 0.696. The van der Waals surface area contributed by atoms with Crippen LogP contribution in [-0.2, 0) is 20.9 Å². The largest absolute Gasteiger partial charge is 0.508 e. The Labute approximate surface area is 134 Å². The zero-order valence-corrected chi connectivity index (χ0v) is 12.6. The number of aliphatic hydroxyl groups is 1. The van der Waals surface area contributed by atoms with Crippen LogP contribution in [-0.4, -0.2) is 40.3 Å². The van der Waals surface area contributed by atoms with Crippen LogP contribution in [0.25, 0.3) is 6.08 Å². The van der Waals surface area contributed by atoms with Crippen LogP contribution in [0, 0.1) is 0 Å². The molecule has 6 heteroatoms. The maximum atomic E-state index is 12.0. The highest BCUT2D eigenvalue weighted by molar-refractivity contribution is 5.88. The summed E-state index contributed by atoms with van der Waals surface area (Å²) < 4.78 is 4.87. The summed E-state index contributed by atoms with van der Waals surface area (Å²) in [6.07, 6.45) is 7.46. The van der Waals surface area contributed by atoms with Crippen molar-refractivity contribution in [2.24, 2.45) is 0 Å². The SMILES string of the molecule is O=COC1CCCN1C(=O)C=CC=Cc1ccc(O)c(CO)c1. The average Bonchev–Trinajstić information content (AvgIpc) is 3.01. The summed E-state index contributed by atoms with van der Waals surface area (Å²) in [4.78, 5) is 23.9. The molecule has 1 saturated heterocycles. The zero-order chi connectivity index (χ0) is 16.7. The number of phenols is 1. The van der Waals surface area contributed by atoms with Gasteiger partial charge in [0.1, 0.15) is 5.75 Å². The third-order valence-corrected chi connectivity index (χ3v) is 3.61. The number of hydrogen-bond acceptors (Lipinski definition) is 5. The molecule has 1 aliphatic heterocycles. The Kier molecular flexibility index (Phi) is 5.94. The molecule has 1 amide bonds. The molecule has 1 unspecified atom stereocenters. The van der Waals surface area contributed by atoms with Gasteiger partial charge in [-0.2, -0.15) is 0 Å². The van der Waals surface area contributed by atoms with Gasteiger partial charge in [-0.1, -0.05) is 24.3 Å². The molecule has 1 atom stereocenters. The molecule has 1 aromatic rings. The Hall–Kier alpha value is -2.60. The van der Waals surface area contributed by atoms with Gasteiger partial charge in [-0.15, -0.1) is 0 Å². The minimum Gasteiger partial charge on any atom is -0.508 e. The van der Waals surface area contributed by atoms with Gasteiger partial charge in [0, 0.05) is 24.6 Å². The van der Waals surface area contributed by atoms with Crippen molar-refractivity contribution in [3.05, 3.63) is 47.6 Å². The third-order valence-electron chi connectivity index (χ3n) is 3.61. The molecule has 0 spiro atoms. The van der Waals surface area contributed by atoms with E-state index in [1.165, 1.54) is 17.0 Å². The van der Waals surface area contributed by atoms with Crippen molar-refractivity contribution in [2.45, 2.75) is 25.7 Å². The summed E-state index contributed by atoms with van der Waals surface area (Å²) in [5.41, 5.74) is 1.24. The van der Waals surface area contributed by atoms with E-state index in [0.717, 1.165) is 12.0 Å². The Morgan fingerprint density at radius 3 is 2.96 bits per heavy atom. The number of rotatable bonds is 6. The molecule has 1 aliphatic rings. The molecule has 0 aliphatic carbocycles. The third kappa shape index (κ3) is 4.43. The number of amides is 1. The first-order chi connectivity index (χ1) is 11.2. The van der Waals surface area contributed by atoms with Crippen molar-refractivity contribution in [3.8, 4) is 5.75 Å². The van der Waals surface area contributed by atoms with E-state index in [9.17, 15) is 14.7 Å². The predicted molar refractivity (Wildman–Crippen MR) is 84.1 cm³/mol. The van der Waals surface area contributed by atoms with Crippen molar-refractivity contribution in [2.75, 3.05) is 6.54 Å². The minimum atomic E-state index is -0.474. The Balaban J connectivity index is 1.95. The lowest BCUT2D eigenvalue weighted by atomic mass is 10.1. The van der Waals surface area contributed by atoms with Gasteiger partial charge in [0.05, 0.1) is 6.61 Å². The van der Waals surface area contributed by atoms with Crippen LogP contribution in [0.4, 0.5) is 0 Å². The first-order valence-electron chi connectivity index (χ1n) is 7.33. The maximum absolute atomic E-state index is 12.0. The molecule has 0 radical (unpaired) electrons. The van der Waals surface area contributed by atoms with E-state index in [1.807, 2.05) is 0 Å². The maximum Gasteiger partial charge on any atom is 0.295 e. The highest BCUT2D eigenvalue weighted by Crippen LogP contribution is 2.19. The number of hydrogen-bond donors (Lipinski definition) is 2. The molecule has 23 heavy (non-hydrogen) atoms. The van der Waals surface area contributed by atoms with E-state index < -0.39 is 6.23 Å². The topological polar surface area (TPSA) is 87.1 Å². The first kappa shape index (κ1) is 16.8. The molecule has 1 heterocycles. The summed E-state index contributed by atoms with van der Waals surface area (Å²) in [5, 5.41) is 18.6. The molecular formula is C17H19NO5. The molecule has 2 N–H and O–H groups in total. The van der Waals surface area contributed by atoms with Crippen LogP contribution in [0.3, 0.4) is 0 Å². The lowest BCUT2D eigenvalue weighted by Crippen LogP contribution is -2.35. The molecule has 0 aromatic heterocycles. The number of likely N-dealkylation sites (tertiary alicyclic amines) is 1. The van der Waals surface area contributed by atoms with Crippen LogP contribution >= 0.6 is 0 Å². The van der Waals surface area contributed by atoms with Crippen LogP contribution in [0.1, 0.15) is 24.0 Å². The highest BCUT2D eigenvalue weighted by atomic mass is 16.5. The fourth-order valence-electron chi connectivity index (χ4n) is 2.43. The van der Waals surface area contributed by atoms with Gasteiger partial charge in [-0.25, -0.2) is 0 Å². The van der Waals surface area contributed by atoms with Crippen LogP contribution in [0.5, 0.6) is 5.75 Å². The van der Waals surface area contributed by atoms with Crippen molar-refractivity contribution in [3.63, 3.8) is 0 Å². The second-order valence-corrected chi connectivity index (χ2v) is 5.13. The van der Waals surface area contributed by atoms with Crippen LogP contribution in [0.2, 0.25) is 0 Å². The lowest BCUT2D eigenvalue weighted by Gasteiger charge is -2.21. The molecule has 6 nitrogen and oxygen atoms in total. The normalized spacial score (nSPS) is 18.0. The van der Waals surface area contributed by atoms with Crippen LogP contribution < -0.4 is 0 Å². The van der Waals surface area contributed by atoms with Gasteiger partial charge in [0.15, 0.2) is 6.23 Å². The lowest BCUT2D eigenvalue weighted by molar-refractivity contribution is -0.147. The van der Waals surface area contributed by atoms with Crippen molar-refractivity contribution < 1.29 is 24.5 Å². The monoisotopic (exact) mass is 317 g/mol. The standard InChI is InChI=1S/C17H19NO5/c19-11-14-10-13(7-8-15(14)21)4-1-2-5-16(22)18-9-3-6-17(18)23-12-20/h1-2,4-5,7-8,10,12,17,19,21H,3,6,9,11H2. The van der Waals surface area contributed by atoms with Gasteiger partial charge >= 0.3 is 0 Å². The van der Waals surface area contributed by atoms with Gasteiger partial charge < -0.3 is 19.8 Å². The second-order valence-electron chi connectivity index (χ2n) is 5.13. The molecule has 0 saturated carbocycles.